The number of aliphatic hydroxyl groups excluding tert-OH is 1. The second kappa shape index (κ2) is 13.2. The van der Waals surface area contributed by atoms with Crippen LogP contribution in [-0.2, 0) is 32.8 Å². The molecule has 4 heteroatoms. The minimum atomic E-state index is 0.0505. The van der Waals surface area contributed by atoms with E-state index in [1.165, 1.54) is 16.8 Å². The standard InChI is InChI=1S/C35H37N3O/c1-2-3-22-38-33(34(31-18-9-5-10-19-31)36-35(38)32-20-11-6-12-21-32)26-37(24-28-14-7-4-8-15-28)25-29-16-13-17-30(23-29)27-39/h4-21,23,39H,2-3,22,24-27H2,1H3. The van der Waals surface area contributed by atoms with Crippen molar-refractivity contribution in [2.45, 2.75) is 52.6 Å². The van der Waals surface area contributed by atoms with Gasteiger partial charge in [-0.25, -0.2) is 4.98 Å². The van der Waals surface area contributed by atoms with Crippen LogP contribution in [0.2, 0.25) is 0 Å². The van der Waals surface area contributed by atoms with Gasteiger partial charge >= 0.3 is 0 Å². The summed E-state index contributed by atoms with van der Waals surface area (Å²) in [7, 11) is 0. The number of rotatable bonds is 12. The Hall–Kier alpha value is -3.99. The average Bonchev–Trinajstić information content (AvgIpc) is 3.35. The van der Waals surface area contributed by atoms with Crippen molar-refractivity contribution in [2.75, 3.05) is 0 Å². The highest BCUT2D eigenvalue weighted by atomic mass is 16.3. The molecule has 0 amide bonds. The summed E-state index contributed by atoms with van der Waals surface area (Å²) >= 11 is 0. The Labute approximate surface area is 232 Å². The van der Waals surface area contributed by atoms with Gasteiger partial charge in [-0.05, 0) is 23.1 Å². The Morgan fingerprint density at radius 3 is 1.92 bits per heavy atom. The molecule has 1 aromatic heterocycles. The minimum absolute atomic E-state index is 0.0505. The van der Waals surface area contributed by atoms with Crippen molar-refractivity contribution in [3.63, 3.8) is 0 Å². The van der Waals surface area contributed by atoms with E-state index in [2.05, 4.69) is 120 Å². The van der Waals surface area contributed by atoms with E-state index in [9.17, 15) is 5.11 Å². The molecule has 5 aromatic rings. The van der Waals surface area contributed by atoms with Gasteiger partial charge in [0.05, 0.1) is 18.0 Å². The lowest BCUT2D eigenvalue weighted by molar-refractivity contribution is 0.240. The van der Waals surface area contributed by atoms with E-state index in [1.54, 1.807) is 0 Å². The van der Waals surface area contributed by atoms with Gasteiger partial charge in [-0.2, -0.15) is 0 Å². The number of hydrogen-bond acceptors (Lipinski definition) is 3. The first kappa shape index (κ1) is 26.6. The van der Waals surface area contributed by atoms with Crippen LogP contribution < -0.4 is 0 Å². The number of benzene rings is 4. The lowest BCUT2D eigenvalue weighted by Crippen LogP contribution is -2.24. The molecule has 0 spiro atoms. The van der Waals surface area contributed by atoms with Crippen molar-refractivity contribution in [3.05, 3.63) is 138 Å². The van der Waals surface area contributed by atoms with Crippen molar-refractivity contribution in [1.29, 1.82) is 0 Å². The maximum atomic E-state index is 9.73. The average molecular weight is 516 g/mol. The van der Waals surface area contributed by atoms with Crippen LogP contribution >= 0.6 is 0 Å². The summed E-state index contributed by atoms with van der Waals surface area (Å²) in [5.41, 5.74) is 7.98. The summed E-state index contributed by atoms with van der Waals surface area (Å²) < 4.78 is 2.45. The Kier molecular flexibility index (Phi) is 9.00. The molecule has 0 aliphatic carbocycles. The van der Waals surface area contributed by atoms with Gasteiger partial charge < -0.3 is 9.67 Å². The van der Waals surface area contributed by atoms with Gasteiger partial charge in [-0.15, -0.1) is 0 Å². The number of imidazole rings is 1. The first-order chi connectivity index (χ1) is 19.2. The largest absolute Gasteiger partial charge is 0.392 e. The van der Waals surface area contributed by atoms with Crippen molar-refractivity contribution in [2.24, 2.45) is 0 Å². The third-order valence-electron chi connectivity index (χ3n) is 7.09. The van der Waals surface area contributed by atoms with Crippen molar-refractivity contribution >= 4 is 0 Å². The molecule has 1 N–H and O–H groups in total. The van der Waals surface area contributed by atoms with Gasteiger partial charge in [0.15, 0.2) is 0 Å². The first-order valence-electron chi connectivity index (χ1n) is 13.9. The lowest BCUT2D eigenvalue weighted by Gasteiger charge is -2.25. The van der Waals surface area contributed by atoms with Crippen LogP contribution in [0.25, 0.3) is 22.6 Å². The molecule has 0 saturated carbocycles. The molecule has 39 heavy (non-hydrogen) atoms. The van der Waals surface area contributed by atoms with E-state index in [4.69, 9.17) is 4.98 Å². The van der Waals surface area contributed by atoms with Gasteiger partial charge in [0.2, 0.25) is 0 Å². The monoisotopic (exact) mass is 515 g/mol. The second-order valence-electron chi connectivity index (χ2n) is 10.1. The molecule has 0 aliphatic rings. The fraction of sp³-hybridized carbons (Fsp3) is 0.229. The van der Waals surface area contributed by atoms with Gasteiger partial charge in [-0.1, -0.05) is 129 Å². The maximum Gasteiger partial charge on any atom is 0.140 e. The van der Waals surface area contributed by atoms with E-state index in [0.717, 1.165) is 67.2 Å². The molecule has 0 aliphatic heterocycles. The minimum Gasteiger partial charge on any atom is -0.392 e. The third-order valence-corrected chi connectivity index (χ3v) is 7.09. The van der Waals surface area contributed by atoms with Gasteiger partial charge in [0.1, 0.15) is 5.82 Å². The summed E-state index contributed by atoms with van der Waals surface area (Å²) in [5, 5.41) is 9.73. The SMILES string of the molecule is CCCCn1c(-c2ccccc2)nc(-c2ccccc2)c1CN(Cc1ccccc1)Cc1cccc(CO)c1. The Balaban J connectivity index is 1.60. The van der Waals surface area contributed by atoms with Crippen LogP contribution in [0.4, 0.5) is 0 Å². The zero-order valence-corrected chi connectivity index (χ0v) is 22.7. The summed E-state index contributed by atoms with van der Waals surface area (Å²) in [6.45, 7) is 5.57. The predicted molar refractivity (Wildman–Crippen MR) is 160 cm³/mol. The molecule has 0 bridgehead atoms. The zero-order valence-electron chi connectivity index (χ0n) is 22.7. The smallest absolute Gasteiger partial charge is 0.140 e. The van der Waals surface area contributed by atoms with Gasteiger partial charge in [-0.3, -0.25) is 4.90 Å². The van der Waals surface area contributed by atoms with Crippen LogP contribution in [0, 0.1) is 0 Å². The van der Waals surface area contributed by atoms with Crippen LogP contribution in [-0.4, -0.2) is 19.6 Å². The molecule has 4 aromatic carbocycles. The zero-order chi connectivity index (χ0) is 26.9. The number of aliphatic hydroxyl groups is 1. The van der Waals surface area contributed by atoms with E-state index in [1.807, 2.05) is 12.1 Å². The molecular weight excluding hydrogens is 478 g/mol. The molecule has 0 atom stereocenters. The van der Waals surface area contributed by atoms with Gasteiger partial charge in [0, 0.05) is 37.3 Å². The Morgan fingerprint density at radius 2 is 1.26 bits per heavy atom. The molecule has 0 unspecified atom stereocenters. The summed E-state index contributed by atoms with van der Waals surface area (Å²) in [6.07, 6.45) is 2.21. The lowest BCUT2D eigenvalue weighted by atomic mass is 10.1. The second-order valence-corrected chi connectivity index (χ2v) is 10.1. The van der Waals surface area contributed by atoms with Crippen molar-refractivity contribution in [1.82, 2.24) is 14.5 Å². The molecule has 4 nitrogen and oxygen atoms in total. The van der Waals surface area contributed by atoms with Gasteiger partial charge in [0.25, 0.3) is 0 Å². The quantitative estimate of drug-likeness (QED) is 0.185. The van der Waals surface area contributed by atoms with Crippen LogP contribution in [0.1, 0.15) is 42.1 Å². The summed E-state index contributed by atoms with van der Waals surface area (Å²) in [6, 6.07) is 40.1. The third kappa shape index (κ3) is 6.72. The number of nitrogens with zero attached hydrogens (tertiary/aromatic N) is 3. The van der Waals surface area contributed by atoms with Crippen LogP contribution in [0.3, 0.4) is 0 Å². The molecule has 0 radical (unpaired) electrons. The molecular formula is C35H37N3O. The van der Waals surface area contributed by atoms with E-state index in [0.29, 0.717) is 0 Å². The van der Waals surface area contributed by atoms with E-state index >= 15 is 0 Å². The van der Waals surface area contributed by atoms with Crippen molar-refractivity contribution in [3.8, 4) is 22.6 Å². The normalized spacial score (nSPS) is 11.3. The fourth-order valence-corrected chi connectivity index (χ4v) is 5.14. The molecule has 0 saturated heterocycles. The van der Waals surface area contributed by atoms with Crippen LogP contribution in [0.5, 0.6) is 0 Å². The first-order valence-corrected chi connectivity index (χ1v) is 13.9. The molecule has 5 rings (SSSR count). The highest BCUT2D eigenvalue weighted by molar-refractivity contribution is 5.68. The maximum absolute atomic E-state index is 9.73. The fourth-order valence-electron chi connectivity index (χ4n) is 5.14. The number of hydrogen-bond donors (Lipinski definition) is 1. The summed E-state index contributed by atoms with van der Waals surface area (Å²) in [5.74, 6) is 1.03. The number of unbranched alkanes of at least 4 members (excludes halogenated alkanes) is 1. The number of aromatic nitrogens is 2. The highest BCUT2D eigenvalue weighted by Crippen LogP contribution is 2.31. The predicted octanol–water partition coefficient (Wildman–Crippen LogP) is 7.71. The molecule has 198 valence electrons. The van der Waals surface area contributed by atoms with Crippen molar-refractivity contribution < 1.29 is 5.11 Å². The molecule has 1 heterocycles. The highest BCUT2D eigenvalue weighted by Gasteiger charge is 2.22. The van der Waals surface area contributed by atoms with Crippen LogP contribution in [0.15, 0.2) is 115 Å². The van der Waals surface area contributed by atoms with E-state index in [-0.39, 0.29) is 6.61 Å². The van der Waals surface area contributed by atoms with E-state index < -0.39 is 0 Å². The Morgan fingerprint density at radius 1 is 0.667 bits per heavy atom. The topological polar surface area (TPSA) is 41.3 Å². The summed E-state index contributed by atoms with van der Waals surface area (Å²) in [4.78, 5) is 7.79. The Bertz CT molecular complexity index is 1450. The molecule has 0 fully saturated rings.